The fraction of sp³-hybridized carbons (Fsp3) is 0.571. The highest BCUT2D eigenvalue weighted by Crippen LogP contribution is 1.99. The third kappa shape index (κ3) is 4.09. The highest BCUT2D eigenvalue weighted by Gasteiger charge is 2.23. The van der Waals surface area contributed by atoms with Gasteiger partial charge in [-0.3, -0.25) is 10.1 Å². The zero-order valence-electron chi connectivity index (χ0n) is 7.48. The topological polar surface area (TPSA) is 78.7 Å². The molecule has 0 aliphatic rings. The average Bonchev–Trinajstić information content (AvgIpc) is 2.05. The van der Waals surface area contributed by atoms with Crippen molar-refractivity contribution in [2.45, 2.75) is 13.8 Å². The van der Waals surface area contributed by atoms with Gasteiger partial charge in [-0.05, 0) is 13.8 Å². The van der Waals surface area contributed by atoms with E-state index in [1.165, 1.54) is 0 Å². The minimum Gasteiger partial charge on any atom is -0.494 e. The van der Waals surface area contributed by atoms with Crippen molar-refractivity contribution in [1.29, 1.82) is 0 Å². The maximum absolute atomic E-state index is 10.9. The van der Waals surface area contributed by atoms with E-state index in [9.17, 15) is 14.9 Å². The molecule has 0 spiro atoms. The Morgan fingerprint density at radius 2 is 2.08 bits per heavy atom. The van der Waals surface area contributed by atoms with E-state index in [2.05, 4.69) is 9.47 Å². The van der Waals surface area contributed by atoms with Crippen LogP contribution in [-0.4, -0.2) is 24.1 Å². The summed E-state index contributed by atoms with van der Waals surface area (Å²) in [6, 6.07) is 0. The Hall–Kier alpha value is -1.59. The van der Waals surface area contributed by atoms with Gasteiger partial charge in [-0.2, -0.15) is 0 Å². The lowest BCUT2D eigenvalue weighted by Gasteiger charge is -1.98. The number of rotatable bonds is 5. The Bertz CT molecular complexity index is 223. The molecule has 0 unspecified atom stereocenters. The van der Waals surface area contributed by atoms with Crippen LogP contribution in [0.3, 0.4) is 0 Å². The van der Waals surface area contributed by atoms with Crippen LogP contribution in [0, 0.1) is 10.1 Å². The van der Waals surface area contributed by atoms with Crippen molar-refractivity contribution in [2.24, 2.45) is 0 Å². The van der Waals surface area contributed by atoms with Gasteiger partial charge in [-0.1, -0.05) is 0 Å². The Morgan fingerprint density at radius 1 is 1.46 bits per heavy atom. The molecule has 0 rings (SSSR count). The number of ether oxygens (including phenoxy) is 2. The highest BCUT2D eigenvalue weighted by atomic mass is 16.6. The summed E-state index contributed by atoms with van der Waals surface area (Å²) in [6.07, 6.45) is 0.790. The first-order valence-corrected chi connectivity index (χ1v) is 3.76. The smallest absolute Gasteiger partial charge is 0.413 e. The molecule has 74 valence electrons. The van der Waals surface area contributed by atoms with Crippen LogP contribution in [0.4, 0.5) is 0 Å². The summed E-state index contributed by atoms with van der Waals surface area (Å²) in [6.45, 7) is 3.57. The van der Waals surface area contributed by atoms with Gasteiger partial charge in [0.25, 0.3) is 0 Å². The number of carbonyl (C=O) groups is 1. The van der Waals surface area contributed by atoms with Crippen molar-refractivity contribution in [3.05, 3.63) is 22.1 Å². The third-order valence-electron chi connectivity index (χ3n) is 1.04. The maximum atomic E-state index is 10.9. The normalized spacial score (nSPS) is 10.8. The Balaban J connectivity index is 4.41. The fourth-order valence-electron chi connectivity index (χ4n) is 0.533. The fourth-order valence-corrected chi connectivity index (χ4v) is 0.533. The van der Waals surface area contributed by atoms with Gasteiger partial charge in [-0.25, -0.2) is 4.79 Å². The van der Waals surface area contributed by atoms with Crippen LogP contribution in [-0.2, 0) is 14.3 Å². The van der Waals surface area contributed by atoms with Gasteiger partial charge in [0.15, 0.2) is 6.26 Å². The Labute approximate surface area is 75.3 Å². The highest BCUT2D eigenvalue weighted by molar-refractivity contribution is 5.85. The van der Waals surface area contributed by atoms with E-state index in [4.69, 9.17) is 0 Å². The second kappa shape index (κ2) is 5.99. The van der Waals surface area contributed by atoms with Crippen LogP contribution < -0.4 is 0 Å². The van der Waals surface area contributed by atoms with Crippen LogP contribution in [0.1, 0.15) is 13.8 Å². The molecule has 0 fully saturated rings. The number of nitro groups is 1. The largest absolute Gasteiger partial charge is 0.494 e. The van der Waals surface area contributed by atoms with E-state index in [0.29, 0.717) is 0 Å². The van der Waals surface area contributed by atoms with Crippen molar-refractivity contribution in [2.75, 3.05) is 13.2 Å². The summed E-state index contributed by atoms with van der Waals surface area (Å²) in [5.41, 5.74) is -0.691. The molecule has 0 saturated carbocycles. The Morgan fingerprint density at radius 3 is 2.46 bits per heavy atom. The minimum atomic E-state index is -0.985. The molecule has 0 radical (unpaired) electrons. The van der Waals surface area contributed by atoms with Crippen molar-refractivity contribution < 1.29 is 19.2 Å². The van der Waals surface area contributed by atoms with Crippen LogP contribution >= 0.6 is 0 Å². The van der Waals surface area contributed by atoms with E-state index >= 15 is 0 Å². The van der Waals surface area contributed by atoms with Gasteiger partial charge in [0.05, 0.1) is 18.1 Å². The first kappa shape index (κ1) is 11.4. The standard InChI is InChI=1S/C7H11NO5/c1-3-12-5-6(8(10)11)7(9)13-4-2/h5H,3-4H2,1-2H3. The summed E-state index contributed by atoms with van der Waals surface area (Å²) in [5.74, 6) is -0.985. The predicted molar refractivity (Wildman–Crippen MR) is 43.3 cm³/mol. The van der Waals surface area contributed by atoms with E-state index in [0.717, 1.165) is 6.26 Å². The van der Waals surface area contributed by atoms with Crippen LogP contribution in [0.15, 0.2) is 12.0 Å². The van der Waals surface area contributed by atoms with Gasteiger partial charge in [0.2, 0.25) is 0 Å². The monoisotopic (exact) mass is 189 g/mol. The van der Waals surface area contributed by atoms with Gasteiger partial charge in [-0.15, -0.1) is 0 Å². The summed E-state index contributed by atoms with van der Waals surface area (Å²) in [5, 5.41) is 10.3. The first-order valence-electron chi connectivity index (χ1n) is 3.76. The maximum Gasteiger partial charge on any atom is 0.413 e. The Kier molecular flexibility index (Phi) is 5.25. The minimum absolute atomic E-state index is 0.0934. The molecule has 0 aromatic heterocycles. The van der Waals surface area contributed by atoms with E-state index in [-0.39, 0.29) is 13.2 Å². The summed E-state index contributed by atoms with van der Waals surface area (Å²) < 4.78 is 9.05. The molecular weight excluding hydrogens is 178 g/mol. The quantitative estimate of drug-likeness (QED) is 0.209. The van der Waals surface area contributed by atoms with Crippen molar-refractivity contribution in [1.82, 2.24) is 0 Å². The second-order valence-corrected chi connectivity index (χ2v) is 1.94. The summed E-state index contributed by atoms with van der Waals surface area (Å²) in [7, 11) is 0. The molecule has 13 heavy (non-hydrogen) atoms. The zero-order valence-corrected chi connectivity index (χ0v) is 7.48. The van der Waals surface area contributed by atoms with Crippen LogP contribution in [0.25, 0.3) is 0 Å². The molecule has 0 aromatic rings. The first-order chi connectivity index (χ1) is 6.13. The van der Waals surface area contributed by atoms with Crippen LogP contribution in [0.2, 0.25) is 0 Å². The van der Waals surface area contributed by atoms with Gasteiger partial charge >= 0.3 is 11.7 Å². The molecular formula is C7H11NO5. The predicted octanol–water partition coefficient (Wildman–Crippen LogP) is 0.704. The summed E-state index contributed by atoms with van der Waals surface area (Å²) in [4.78, 5) is 20.3. The molecule has 0 aliphatic heterocycles. The molecule has 0 aliphatic carbocycles. The number of nitrogens with zero attached hydrogens (tertiary/aromatic N) is 1. The lowest BCUT2D eigenvalue weighted by molar-refractivity contribution is -0.423. The number of hydrogen-bond donors (Lipinski definition) is 0. The molecule has 0 atom stereocenters. The SMILES string of the molecule is CCOC=C(C(=O)OCC)[N+](=O)[O-]. The van der Waals surface area contributed by atoms with Crippen LogP contribution in [0.5, 0.6) is 0 Å². The summed E-state index contributed by atoms with van der Waals surface area (Å²) >= 11 is 0. The van der Waals surface area contributed by atoms with Gasteiger partial charge in [0, 0.05) is 0 Å². The second-order valence-electron chi connectivity index (χ2n) is 1.94. The molecule has 0 aromatic carbocycles. The van der Waals surface area contributed by atoms with E-state index < -0.39 is 16.6 Å². The molecule has 6 heteroatoms. The van der Waals surface area contributed by atoms with Crippen molar-refractivity contribution in [3.63, 3.8) is 0 Å². The zero-order chi connectivity index (χ0) is 10.3. The average molecular weight is 189 g/mol. The van der Waals surface area contributed by atoms with Crippen molar-refractivity contribution >= 4 is 5.97 Å². The lowest BCUT2D eigenvalue weighted by atomic mass is 10.5. The van der Waals surface area contributed by atoms with E-state index in [1.807, 2.05) is 0 Å². The number of esters is 1. The molecule has 0 amide bonds. The molecule has 0 bridgehead atoms. The van der Waals surface area contributed by atoms with E-state index in [1.54, 1.807) is 13.8 Å². The molecule has 0 heterocycles. The third-order valence-corrected chi connectivity index (χ3v) is 1.04. The molecule has 0 saturated heterocycles. The lowest BCUT2D eigenvalue weighted by Crippen LogP contribution is -2.15. The molecule has 6 nitrogen and oxygen atoms in total. The van der Waals surface area contributed by atoms with Crippen molar-refractivity contribution in [3.8, 4) is 0 Å². The number of hydrogen-bond acceptors (Lipinski definition) is 5. The van der Waals surface area contributed by atoms with Gasteiger partial charge in [0.1, 0.15) is 0 Å². The number of carbonyl (C=O) groups excluding carboxylic acids is 1. The molecule has 0 N–H and O–H groups in total. The van der Waals surface area contributed by atoms with Gasteiger partial charge < -0.3 is 9.47 Å².